The number of likely N-dealkylation sites (tertiary alicyclic amines) is 1. The van der Waals surface area contributed by atoms with Gasteiger partial charge in [0.25, 0.3) is 5.91 Å². The number of aryl methyl sites for hydroxylation is 1. The van der Waals surface area contributed by atoms with Gasteiger partial charge in [-0.25, -0.2) is 0 Å². The van der Waals surface area contributed by atoms with Gasteiger partial charge in [0, 0.05) is 26.2 Å². The van der Waals surface area contributed by atoms with E-state index in [0.717, 1.165) is 30.0 Å². The SMILES string of the molecule is Cc1ccsc1C(=O)N1CC[C@@](O)(CN2CCc3ccccc3C2)C1. The van der Waals surface area contributed by atoms with Gasteiger partial charge in [-0.2, -0.15) is 0 Å². The van der Waals surface area contributed by atoms with E-state index in [-0.39, 0.29) is 5.91 Å². The lowest BCUT2D eigenvalue weighted by atomic mass is 9.97. The minimum absolute atomic E-state index is 0.0624. The molecule has 0 unspecified atom stereocenters. The Labute approximate surface area is 152 Å². The number of β-amino-alcohol motifs (C(OH)–C–C–N with tert-alkyl or cyclic N) is 1. The van der Waals surface area contributed by atoms with Crippen molar-refractivity contribution in [2.45, 2.75) is 31.9 Å². The van der Waals surface area contributed by atoms with Crippen LogP contribution in [0, 0.1) is 6.92 Å². The molecule has 0 bridgehead atoms. The number of rotatable bonds is 3. The standard InChI is InChI=1S/C20H24N2O2S/c1-15-7-11-25-18(15)19(23)22-10-8-20(24,14-22)13-21-9-6-16-4-2-3-5-17(16)12-21/h2-5,7,11,24H,6,8-10,12-14H2,1H3/t20-/m1/s1. The van der Waals surface area contributed by atoms with E-state index in [0.29, 0.717) is 26.1 Å². The highest BCUT2D eigenvalue weighted by Gasteiger charge is 2.40. The van der Waals surface area contributed by atoms with Gasteiger partial charge >= 0.3 is 0 Å². The number of thiophene rings is 1. The van der Waals surface area contributed by atoms with Crippen molar-refractivity contribution >= 4 is 17.2 Å². The molecule has 5 heteroatoms. The second-order valence-electron chi connectivity index (χ2n) is 7.36. The Hall–Kier alpha value is -1.69. The molecule has 4 rings (SSSR count). The van der Waals surface area contributed by atoms with Gasteiger partial charge in [-0.3, -0.25) is 9.69 Å². The molecule has 0 saturated carbocycles. The molecule has 132 valence electrons. The average Bonchev–Trinajstić information content (AvgIpc) is 3.20. The van der Waals surface area contributed by atoms with Crippen molar-refractivity contribution in [2.75, 3.05) is 26.2 Å². The van der Waals surface area contributed by atoms with Crippen LogP contribution in [0.3, 0.4) is 0 Å². The van der Waals surface area contributed by atoms with E-state index in [1.165, 1.54) is 22.5 Å². The number of hydrogen-bond donors (Lipinski definition) is 1. The first-order valence-electron chi connectivity index (χ1n) is 8.89. The molecule has 1 aromatic heterocycles. The molecular formula is C20H24N2O2S. The maximum Gasteiger partial charge on any atom is 0.264 e. The van der Waals surface area contributed by atoms with E-state index in [2.05, 4.69) is 29.2 Å². The highest BCUT2D eigenvalue weighted by atomic mass is 32.1. The first kappa shape index (κ1) is 16.8. The third-order valence-corrected chi connectivity index (χ3v) is 6.41. The van der Waals surface area contributed by atoms with Crippen LogP contribution in [0.25, 0.3) is 0 Å². The monoisotopic (exact) mass is 356 g/mol. The van der Waals surface area contributed by atoms with Crippen molar-refractivity contribution in [1.82, 2.24) is 9.80 Å². The molecule has 0 radical (unpaired) electrons. The van der Waals surface area contributed by atoms with Gasteiger partial charge in [-0.05, 0) is 47.9 Å². The zero-order valence-electron chi connectivity index (χ0n) is 14.6. The summed E-state index contributed by atoms with van der Waals surface area (Å²) in [4.78, 5) is 17.6. The second-order valence-corrected chi connectivity index (χ2v) is 8.28. The Morgan fingerprint density at radius 2 is 2.04 bits per heavy atom. The van der Waals surface area contributed by atoms with Crippen LogP contribution in [0.5, 0.6) is 0 Å². The number of fused-ring (bicyclic) bond motifs is 1. The molecule has 2 aliphatic heterocycles. The quantitative estimate of drug-likeness (QED) is 0.920. The summed E-state index contributed by atoms with van der Waals surface area (Å²) in [6, 6.07) is 10.5. The summed E-state index contributed by atoms with van der Waals surface area (Å²) >= 11 is 1.49. The summed E-state index contributed by atoms with van der Waals surface area (Å²) in [5.41, 5.74) is 3.00. The van der Waals surface area contributed by atoms with Gasteiger partial charge in [0.2, 0.25) is 0 Å². The van der Waals surface area contributed by atoms with Crippen molar-refractivity contribution in [3.63, 3.8) is 0 Å². The minimum atomic E-state index is -0.799. The molecule has 25 heavy (non-hydrogen) atoms. The second kappa shape index (κ2) is 6.56. The number of hydrogen-bond acceptors (Lipinski definition) is 4. The third kappa shape index (κ3) is 3.36. The molecule has 1 amide bonds. The summed E-state index contributed by atoms with van der Waals surface area (Å²) < 4.78 is 0. The number of amides is 1. The molecule has 1 atom stereocenters. The normalized spacial score (nSPS) is 23.7. The topological polar surface area (TPSA) is 43.8 Å². The van der Waals surface area contributed by atoms with Gasteiger partial charge in [0.15, 0.2) is 0 Å². The molecule has 4 nitrogen and oxygen atoms in total. The van der Waals surface area contributed by atoms with E-state index in [4.69, 9.17) is 0 Å². The summed E-state index contributed by atoms with van der Waals surface area (Å²) in [5.74, 6) is 0.0624. The molecule has 2 aliphatic rings. The summed E-state index contributed by atoms with van der Waals surface area (Å²) in [6.45, 7) is 5.53. The molecule has 1 aromatic carbocycles. The highest BCUT2D eigenvalue weighted by molar-refractivity contribution is 7.12. The predicted molar refractivity (Wildman–Crippen MR) is 99.9 cm³/mol. The van der Waals surface area contributed by atoms with Crippen LogP contribution in [-0.4, -0.2) is 52.6 Å². The van der Waals surface area contributed by atoms with Gasteiger partial charge in [0.05, 0.1) is 17.0 Å². The third-order valence-electron chi connectivity index (χ3n) is 5.40. The molecule has 0 aliphatic carbocycles. The van der Waals surface area contributed by atoms with Gasteiger partial charge < -0.3 is 10.0 Å². The zero-order chi connectivity index (χ0) is 17.4. The molecule has 3 heterocycles. The van der Waals surface area contributed by atoms with Crippen LogP contribution in [-0.2, 0) is 13.0 Å². The van der Waals surface area contributed by atoms with E-state index in [9.17, 15) is 9.90 Å². The lowest BCUT2D eigenvalue weighted by Crippen LogP contribution is -2.47. The fraction of sp³-hybridized carbons (Fsp3) is 0.450. The van der Waals surface area contributed by atoms with Crippen LogP contribution in [0.1, 0.15) is 32.8 Å². The first-order valence-corrected chi connectivity index (χ1v) is 9.77. The van der Waals surface area contributed by atoms with Crippen molar-refractivity contribution in [3.05, 3.63) is 57.3 Å². The Morgan fingerprint density at radius 1 is 1.24 bits per heavy atom. The fourth-order valence-electron chi connectivity index (χ4n) is 4.00. The number of aliphatic hydroxyl groups is 1. The summed E-state index contributed by atoms with van der Waals surface area (Å²) in [6.07, 6.45) is 1.69. The molecule has 2 aromatic rings. The van der Waals surface area contributed by atoms with Crippen LogP contribution in [0.4, 0.5) is 0 Å². The van der Waals surface area contributed by atoms with Crippen molar-refractivity contribution in [1.29, 1.82) is 0 Å². The number of carbonyl (C=O) groups is 1. The molecule has 1 saturated heterocycles. The maximum absolute atomic E-state index is 12.7. The minimum Gasteiger partial charge on any atom is -0.387 e. The lowest BCUT2D eigenvalue weighted by Gasteiger charge is -2.34. The van der Waals surface area contributed by atoms with Crippen LogP contribution in [0.15, 0.2) is 35.7 Å². The van der Waals surface area contributed by atoms with E-state index >= 15 is 0 Å². The largest absolute Gasteiger partial charge is 0.387 e. The highest BCUT2D eigenvalue weighted by Crippen LogP contribution is 2.28. The molecule has 0 spiro atoms. The predicted octanol–water partition coefficient (Wildman–Crippen LogP) is 2.69. The van der Waals surface area contributed by atoms with Crippen LogP contribution < -0.4 is 0 Å². The lowest BCUT2D eigenvalue weighted by molar-refractivity contribution is 0.00809. The van der Waals surface area contributed by atoms with Crippen molar-refractivity contribution in [2.24, 2.45) is 0 Å². The fourth-order valence-corrected chi connectivity index (χ4v) is 4.89. The van der Waals surface area contributed by atoms with Crippen LogP contribution >= 0.6 is 11.3 Å². The van der Waals surface area contributed by atoms with Gasteiger partial charge in [0.1, 0.15) is 0 Å². The molecular weight excluding hydrogens is 332 g/mol. The molecule has 1 N–H and O–H groups in total. The van der Waals surface area contributed by atoms with E-state index in [1.807, 2.05) is 23.3 Å². The number of benzene rings is 1. The number of nitrogens with zero attached hydrogens (tertiary/aromatic N) is 2. The Morgan fingerprint density at radius 3 is 2.80 bits per heavy atom. The average molecular weight is 356 g/mol. The van der Waals surface area contributed by atoms with Crippen molar-refractivity contribution < 1.29 is 9.90 Å². The summed E-state index contributed by atoms with van der Waals surface area (Å²) in [7, 11) is 0. The van der Waals surface area contributed by atoms with Crippen molar-refractivity contribution in [3.8, 4) is 0 Å². The van der Waals surface area contributed by atoms with E-state index < -0.39 is 5.60 Å². The number of carbonyl (C=O) groups excluding carboxylic acids is 1. The first-order chi connectivity index (χ1) is 12.0. The Balaban J connectivity index is 1.41. The zero-order valence-corrected chi connectivity index (χ0v) is 15.4. The van der Waals surface area contributed by atoms with E-state index in [1.54, 1.807) is 0 Å². The van der Waals surface area contributed by atoms with Crippen LogP contribution in [0.2, 0.25) is 0 Å². The Bertz CT molecular complexity index is 788. The van der Waals surface area contributed by atoms with Gasteiger partial charge in [-0.1, -0.05) is 24.3 Å². The Kier molecular flexibility index (Phi) is 4.40. The maximum atomic E-state index is 12.7. The molecule has 1 fully saturated rings. The van der Waals surface area contributed by atoms with Gasteiger partial charge in [-0.15, -0.1) is 11.3 Å². The smallest absolute Gasteiger partial charge is 0.264 e. The summed E-state index contributed by atoms with van der Waals surface area (Å²) in [5, 5.41) is 13.0.